The van der Waals surface area contributed by atoms with Gasteiger partial charge in [-0.05, 0) is 28.3 Å². The summed E-state index contributed by atoms with van der Waals surface area (Å²) in [5, 5.41) is 14.5. The third kappa shape index (κ3) is 4.35. The van der Waals surface area contributed by atoms with Gasteiger partial charge in [0.2, 0.25) is 0 Å². The first-order chi connectivity index (χ1) is 8.60. The van der Waals surface area contributed by atoms with E-state index in [4.69, 9.17) is 9.47 Å². The molecule has 0 saturated heterocycles. The molecule has 0 aromatic carbocycles. The van der Waals surface area contributed by atoms with Crippen molar-refractivity contribution in [2.45, 2.75) is 26.0 Å². The highest BCUT2D eigenvalue weighted by atomic mass is 79.9. The first kappa shape index (κ1) is 15.6. The quantitative estimate of drug-likeness (QED) is 0.796. The standard InChI is InChI=1S/C12H21BrN2O3/c1-9(8-18-3)6-11(16)12-10(13)7-14-15(12)4-5-17-2/h7,9,11,16H,4-6,8H2,1-3H3. The molecule has 0 amide bonds. The van der Waals surface area contributed by atoms with E-state index >= 15 is 0 Å². The average molecular weight is 321 g/mol. The van der Waals surface area contributed by atoms with Gasteiger partial charge in [-0.3, -0.25) is 4.68 Å². The summed E-state index contributed by atoms with van der Waals surface area (Å²) in [6.07, 6.45) is 1.80. The van der Waals surface area contributed by atoms with Crippen LogP contribution in [0, 0.1) is 5.92 Å². The number of ether oxygens (including phenoxy) is 2. The number of nitrogens with zero attached hydrogens (tertiary/aromatic N) is 2. The molecule has 0 aliphatic carbocycles. The van der Waals surface area contributed by atoms with Gasteiger partial charge in [0.05, 0.1) is 35.6 Å². The van der Waals surface area contributed by atoms with E-state index in [0.717, 1.165) is 10.2 Å². The fourth-order valence-electron chi connectivity index (χ4n) is 1.90. The molecule has 2 unspecified atom stereocenters. The minimum absolute atomic E-state index is 0.294. The lowest BCUT2D eigenvalue weighted by molar-refractivity contribution is 0.0942. The van der Waals surface area contributed by atoms with Crippen LogP contribution in [-0.2, 0) is 16.0 Å². The Kier molecular flexibility index (Phi) is 6.85. The number of aromatic nitrogens is 2. The molecule has 0 bridgehead atoms. The number of aliphatic hydroxyl groups is 1. The van der Waals surface area contributed by atoms with Crippen LogP contribution in [0.3, 0.4) is 0 Å². The van der Waals surface area contributed by atoms with E-state index < -0.39 is 6.10 Å². The van der Waals surface area contributed by atoms with Crippen molar-refractivity contribution in [3.05, 3.63) is 16.4 Å². The lowest BCUT2D eigenvalue weighted by Crippen LogP contribution is -2.16. The van der Waals surface area contributed by atoms with Gasteiger partial charge in [0.1, 0.15) is 0 Å². The summed E-state index contributed by atoms with van der Waals surface area (Å²) in [6, 6.07) is 0. The van der Waals surface area contributed by atoms with Gasteiger partial charge >= 0.3 is 0 Å². The van der Waals surface area contributed by atoms with Crippen LogP contribution in [0.15, 0.2) is 10.7 Å². The van der Waals surface area contributed by atoms with E-state index in [0.29, 0.717) is 32.1 Å². The average Bonchev–Trinajstić information content (AvgIpc) is 2.68. The molecule has 1 heterocycles. The van der Waals surface area contributed by atoms with E-state index in [9.17, 15) is 5.11 Å². The van der Waals surface area contributed by atoms with Crippen molar-refractivity contribution in [3.63, 3.8) is 0 Å². The van der Waals surface area contributed by atoms with Crippen LogP contribution in [0.4, 0.5) is 0 Å². The second-order valence-corrected chi connectivity index (χ2v) is 5.26. The Bertz CT molecular complexity index is 357. The van der Waals surface area contributed by atoms with Gasteiger partial charge in [-0.25, -0.2) is 0 Å². The minimum atomic E-state index is -0.552. The molecule has 1 rings (SSSR count). The zero-order valence-electron chi connectivity index (χ0n) is 11.1. The van der Waals surface area contributed by atoms with Crippen LogP contribution in [0.5, 0.6) is 0 Å². The largest absolute Gasteiger partial charge is 0.387 e. The number of methoxy groups -OCH3 is 2. The zero-order chi connectivity index (χ0) is 13.5. The highest BCUT2D eigenvalue weighted by Gasteiger charge is 2.20. The fourth-order valence-corrected chi connectivity index (χ4v) is 2.46. The zero-order valence-corrected chi connectivity index (χ0v) is 12.7. The number of hydrogen-bond acceptors (Lipinski definition) is 4. The Hall–Kier alpha value is -0.430. The summed E-state index contributed by atoms with van der Waals surface area (Å²) in [4.78, 5) is 0. The monoisotopic (exact) mass is 320 g/mol. The molecular weight excluding hydrogens is 300 g/mol. The summed E-state index contributed by atoms with van der Waals surface area (Å²) in [6.45, 7) is 3.89. The van der Waals surface area contributed by atoms with Crippen molar-refractivity contribution in [2.24, 2.45) is 5.92 Å². The molecule has 2 atom stereocenters. The molecular formula is C12H21BrN2O3. The Morgan fingerprint density at radius 1 is 1.44 bits per heavy atom. The summed E-state index contributed by atoms with van der Waals surface area (Å²) in [7, 11) is 3.32. The highest BCUT2D eigenvalue weighted by Crippen LogP contribution is 2.28. The Morgan fingerprint density at radius 3 is 2.78 bits per heavy atom. The van der Waals surface area contributed by atoms with Crippen LogP contribution in [0.25, 0.3) is 0 Å². The van der Waals surface area contributed by atoms with E-state index in [1.807, 2.05) is 0 Å². The van der Waals surface area contributed by atoms with Crippen LogP contribution in [0.1, 0.15) is 25.1 Å². The van der Waals surface area contributed by atoms with Gasteiger partial charge in [0, 0.05) is 20.8 Å². The van der Waals surface area contributed by atoms with Gasteiger partial charge < -0.3 is 14.6 Å². The number of rotatable bonds is 8. The van der Waals surface area contributed by atoms with Gasteiger partial charge in [0.15, 0.2) is 0 Å². The second-order valence-electron chi connectivity index (χ2n) is 4.41. The summed E-state index contributed by atoms with van der Waals surface area (Å²) >= 11 is 3.42. The van der Waals surface area contributed by atoms with Crippen LogP contribution in [-0.4, -0.2) is 42.3 Å². The third-order valence-corrected chi connectivity index (χ3v) is 3.34. The first-order valence-corrected chi connectivity index (χ1v) is 6.76. The molecule has 0 spiro atoms. The topological polar surface area (TPSA) is 56.5 Å². The molecule has 5 nitrogen and oxygen atoms in total. The predicted molar refractivity (Wildman–Crippen MR) is 72.4 cm³/mol. The Balaban J connectivity index is 2.70. The summed E-state index contributed by atoms with van der Waals surface area (Å²) in [5.41, 5.74) is 0.801. The number of aliphatic hydroxyl groups excluding tert-OH is 1. The third-order valence-electron chi connectivity index (χ3n) is 2.73. The van der Waals surface area contributed by atoms with Crippen LogP contribution >= 0.6 is 15.9 Å². The summed E-state index contributed by atoms with van der Waals surface area (Å²) < 4.78 is 12.7. The Morgan fingerprint density at radius 2 is 2.17 bits per heavy atom. The first-order valence-electron chi connectivity index (χ1n) is 5.97. The summed E-state index contributed by atoms with van der Waals surface area (Å²) in [5.74, 6) is 0.294. The van der Waals surface area contributed by atoms with Crippen molar-refractivity contribution < 1.29 is 14.6 Å². The van der Waals surface area contributed by atoms with Crippen molar-refractivity contribution in [3.8, 4) is 0 Å². The SMILES string of the molecule is COCCn1ncc(Br)c1C(O)CC(C)COC. The fraction of sp³-hybridized carbons (Fsp3) is 0.750. The van der Waals surface area contributed by atoms with Crippen molar-refractivity contribution >= 4 is 15.9 Å². The molecule has 0 saturated carbocycles. The maximum atomic E-state index is 10.3. The lowest BCUT2D eigenvalue weighted by Gasteiger charge is -2.17. The van der Waals surface area contributed by atoms with Crippen molar-refractivity contribution in [2.75, 3.05) is 27.4 Å². The molecule has 1 aromatic rings. The molecule has 18 heavy (non-hydrogen) atoms. The van der Waals surface area contributed by atoms with Gasteiger partial charge in [-0.2, -0.15) is 5.10 Å². The van der Waals surface area contributed by atoms with Gasteiger partial charge in [0.25, 0.3) is 0 Å². The van der Waals surface area contributed by atoms with Crippen LogP contribution in [0.2, 0.25) is 0 Å². The number of halogens is 1. The molecule has 0 radical (unpaired) electrons. The maximum absolute atomic E-state index is 10.3. The normalized spacial score (nSPS) is 14.7. The molecule has 0 aliphatic rings. The lowest BCUT2D eigenvalue weighted by atomic mass is 10.0. The molecule has 1 aromatic heterocycles. The minimum Gasteiger partial charge on any atom is -0.387 e. The molecule has 6 heteroatoms. The molecule has 104 valence electrons. The van der Waals surface area contributed by atoms with Crippen LogP contribution < -0.4 is 0 Å². The van der Waals surface area contributed by atoms with Gasteiger partial charge in [-0.15, -0.1) is 0 Å². The van der Waals surface area contributed by atoms with E-state index in [1.165, 1.54) is 0 Å². The smallest absolute Gasteiger partial charge is 0.0971 e. The van der Waals surface area contributed by atoms with Crippen molar-refractivity contribution in [1.82, 2.24) is 9.78 Å². The molecule has 0 fully saturated rings. The molecule has 0 aliphatic heterocycles. The van der Waals surface area contributed by atoms with E-state index in [2.05, 4.69) is 28.0 Å². The number of hydrogen-bond donors (Lipinski definition) is 1. The van der Waals surface area contributed by atoms with E-state index in [-0.39, 0.29) is 0 Å². The predicted octanol–water partition coefficient (Wildman–Crippen LogP) is 2.00. The second kappa shape index (κ2) is 7.89. The highest BCUT2D eigenvalue weighted by molar-refractivity contribution is 9.10. The molecule has 1 N–H and O–H groups in total. The Labute approximate surface area is 116 Å². The van der Waals surface area contributed by atoms with Crippen molar-refractivity contribution in [1.29, 1.82) is 0 Å². The van der Waals surface area contributed by atoms with Gasteiger partial charge in [-0.1, -0.05) is 6.92 Å². The maximum Gasteiger partial charge on any atom is 0.0971 e. The van der Waals surface area contributed by atoms with E-state index in [1.54, 1.807) is 25.1 Å².